The van der Waals surface area contributed by atoms with Crippen LogP contribution in [0.3, 0.4) is 0 Å². The van der Waals surface area contributed by atoms with Gasteiger partial charge in [-0.2, -0.15) is 0 Å². The normalized spacial score (nSPS) is 8.57. The van der Waals surface area contributed by atoms with Crippen LogP contribution >= 0.6 is 0 Å². The van der Waals surface area contributed by atoms with Crippen molar-refractivity contribution in [2.24, 2.45) is 0 Å². The van der Waals surface area contributed by atoms with Crippen LogP contribution < -0.4 is 19.2 Å². The molecule has 0 fully saturated rings. The molecule has 0 aliphatic rings. The van der Waals surface area contributed by atoms with E-state index in [0.717, 1.165) is 0 Å². The maximum absolute atomic E-state index is 8.58. The van der Waals surface area contributed by atoms with Crippen LogP contribution in [0.15, 0.2) is 0 Å². The first-order valence-corrected chi connectivity index (χ1v) is 2.45. The number of rotatable bonds is 0. The summed E-state index contributed by atoms with van der Waals surface area (Å²) in [5, 5.41) is 0. The van der Waals surface area contributed by atoms with Gasteiger partial charge in [0.1, 0.15) is 0 Å². The molecule has 0 saturated carbocycles. The van der Waals surface area contributed by atoms with Crippen molar-refractivity contribution < 1.29 is 19.2 Å². The van der Waals surface area contributed by atoms with Crippen LogP contribution in [0.2, 0.25) is 0 Å². The van der Waals surface area contributed by atoms with Gasteiger partial charge in [-0.25, -0.2) is 0 Å². The maximum Gasteiger partial charge on any atom is 2.00 e. The van der Waals surface area contributed by atoms with E-state index in [4.69, 9.17) is 19.2 Å². The molecule has 0 aliphatic heterocycles. The maximum atomic E-state index is 8.58. The molecule has 4 nitrogen and oxygen atoms in total. The van der Waals surface area contributed by atoms with Gasteiger partial charge in [-0.1, -0.05) is 0 Å². The molecule has 0 aromatic heterocycles. The molecular formula is O4SiSr2. The largest absolute Gasteiger partial charge is 2.00 e. The fourth-order valence-electron chi connectivity index (χ4n) is 0. The van der Waals surface area contributed by atoms with Crippen molar-refractivity contribution in [3.8, 4) is 0 Å². The average molecular weight is 267 g/mol. The predicted octanol–water partition coefficient (Wildman–Crippen LogP) is -5.90. The molecule has 0 saturated heterocycles. The van der Waals surface area contributed by atoms with Gasteiger partial charge in [0, 0.05) is 0 Å². The topological polar surface area (TPSA) is 92.2 Å². The smallest absolute Gasteiger partial charge is 0.894 e. The van der Waals surface area contributed by atoms with E-state index >= 15 is 0 Å². The van der Waals surface area contributed by atoms with Gasteiger partial charge < -0.3 is 28.2 Å². The molecule has 32 valence electrons. The summed E-state index contributed by atoms with van der Waals surface area (Å²) in [7, 11) is -5.61. The summed E-state index contributed by atoms with van der Waals surface area (Å²) in [6.45, 7) is 0. The molecule has 7 heavy (non-hydrogen) atoms. The van der Waals surface area contributed by atoms with Gasteiger partial charge in [-0.3, -0.25) is 0 Å². The van der Waals surface area contributed by atoms with Gasteiger partial charge in [0.15, 0.2) is 0 Å². The second-order valence-electron chi connectivity index (χ2n) is 0.500. The van der Waals surface area contributed by atoms with Gasteiger partial charge in [0.2, 0.25) is 0 Å². The van der Waals surface area contributed by atoms with Crippen LogP contribution in [0.4, 0.5) is 0 Å². The second-order valence-corrected chi connectivity index (χ2v) is 1.50. The van der Waals surface area contributed by atoms with Crippen LogP contribution in [0, 0.1) is 0 Å². The van der Waals surface area contributed by atoms with Crippen molar-refractivity contribution in [3.05, 3.63) is 0 Å². The van der Waals surface area contributed by atoms with E-state index in [1.807, 2.05) is 0 Å². The second kappa shape index (κ2) is 7.13. The summed E-state index contributed by atoms with van der Waals surface area (Å²) in [6.07, 6.45) is 0. The molecule has 0 aromatic rings. The molecule has 0 N–H and O–H groups in total. The molecule has 0 aromatic carbocycles. The fourth-order valence-corrected chi connectivity index (χ4v) is 0. The minimum Gasteiger partial charge on any atom is -0.894 e. The number of hydrogen-bond donors (Lipinski definition) is 0. The van der Waals surface area contributed by atoms with E-state index in [-0.39, 0.29) is 91.0 Å². The van der Waals surface area contributed by atoms with E-state index in [1.54, 1.807) is 0 Å². The van der Waals surface area contributed by atoms with Gasteiger partial charge in [-0.05, 0) is 0 Å². The Morgan fingerprint density at radius 3 is 0.714 bits per heavy atom. The Morgan fingerprint density at radius 1 is 0.714 bits per heavy atom. The first-order chi connectivity index (χ1) is 2.00. The molecule has 0 unspecified atom stereocenters. The molecular weight excluding hydrogens is 267 g/mol. The quantitative estimate of drug-likeness (QED) is 0.409. The molecule has 0 atom stereocenters. The van der Waals surface area contributed by atoms with Crippen molar-refractivity contribution in [1.29, 1.82) is 0 Å². The first kappa shape index (κ1) is 16.5. The zero-order valence-electron chi connectivity index (χ0n) is 3.55. The van der Waals surface area contributed by atoms with E-state index in [9.17, 15) is 0 Å². The van der Waals surface area contributed by atoms with Crippen molar-refractivity contribution in [3.63, 3.8) is 0 Å². The zero-order valence-corrected chi connectivity index (χ0v) is 11.5. The summed E-state index contributed by atoms with van der Waals surface area (Å²) in [6, 6.07) is 0. The molecule has 0 rings (SSSR count). The van der Waals surface area contributed by atoms with Crippen molar-refractivity contribution in [2.45, 2.75) is 0 Å². The van der Waals surface area contributed by atoms with Crippen LogP contribution in [-0.4, -0.2) is 100 Å². The Labute approximate surface area is 116 Å². The molecule has 7 heteroatoms. The van der Waals surface area contributed by atoms with Crippen LogP contribution in [0.5, 0.6) is 0 Å². The molecule has 0 amide bonds. The van der Waals surface area contributed by atoms with E-state index in [1.165, 1.54) is 0 Å². The minimum absolute atomic E-state index is 0. The third kappa shape index (κ3) is 48.8. The van der Waals surface area contributed by atoms with E-state index in [2.05, 4.69) is 0 Å². The minimum atomic E-state index is -5.61. The Hall–Kier alpha value is 3.02. The summed E-state index contributed by atoms with van der Waals surface area (Å²) in [4.78, 5) is 34.3. The van der Waals surface area contributed by atoms with Crippen LogP contribution in [0.25, 0.3) is 0 Å². The van der Waals surface area contributed by atoms with Gasteiger partial charge >= 0.3 is 91.0 Å². The summed E-state index contributed by atoms with van der Waals surface area (Å²) in [5.74, 6) is 0. The first-order valence-electron chi connectivity index (χ1n) is 0.816. The van der Waals surface area contributed by atoms with Crippen molar-refractivity contribution in [2.75, 3.05) is 0 Å². The number of hydrogen-bond acceptors (Lipinski definition) is 4. The molecule has 0 aliphatic carbocycles. The Balaban J connectivity index is -0.0000000800. The van der Waals surface area contributed by atoms with Crippen LogP contribution in [0.1, 0.15) is 0 Å². The predicted molar refractivity (Wildman–Crippen MR) is 17.3 cm³/mol. The fraction of sp³-hybridized carbons (Fsp3) is 0. The average Bonchev–Trinajstić information content (AvgIpc) is 0.722. The van der Waals surface area contributed by atoms with Crippen molar-refractivity contribution in [1.82, 2.24) is 0 Å². The standard InChI is InChI=1S/O4Si.2Sr/c1-5(2,3)4;;/q-4;2*+2. The van der Waals surface area contributed by atoms with Crippen molar-refractivity contribution >= 4 is 100 Å². The van der Waals surface area contributed by atoms with Gasteiger partial charge in [0.05, 0.1) is 0 Å². The zero-order chi connectivity index (χ0) is 4.50. The van der Waals surface area contributed by atoms with Gasteiger partial charge in [-0.15, -0.1) is 0 Å². The van der Waals surface area contributed by atoms with Crippen LogP contribution in [-0.2, 0) is 0 Å². The third-order valence-electron chi connectivity index (χ3n) is 0. The summed E-state index contributed by atoms with van der Waals surface area (Å²) >= 11 is 0. The summed E-state index contributed by atoms with van der Waals surface area (Å²) in [5.41, 5.74) is 0. The Kier molecular flexibility index (Phi) is 16.8. The molecule has 0 bridgehead atoms. The van der Waals surface area contributed by atoms with E-state index in [0.29, 0.717) is 0 Å². The Bertz CT molecular complexity index is 25.2. The molecule has 0 spiro atoms. The molecule has 0 radical (unpaired) electrons. The summed E-state index contributed by atoms with van der Waals surface area (Å²) < 4.78 is 0. The monoisotopic (exact) mass is 268 g/mol. The SMILES string of the molecule is [O-][Si]([O-])([O-])[O-].[Sr+2].[Sr+2]. The molecule has 0 heterocycles. The Morgan fingerprint density at radius 2 is 0.714 bits per heavy atom. The van der Waals surface area contributed by atoms with E-state index < -0.39 is 9.05 Å². The van der Waals surface area contributed by atoms with Gasteiger partial charge in [0.25, 0.3) is 0 Å². The third-order valence-corrected chi connectivity index (χ3v) is 0.